The van der Waals surface area contributed by atoms with E-state index in [1.54, 1.807) is 31.2 Å². The SMILES string of the molecule is Cc1nnc(-c2c(CCC3CCOCC3)nc3c(c2-c2ccc4c(c2)oc(=O)n4Cc2ccc(C#N)c(F)c2)C(=O)N2CCOCC32)o1. The van der Waals surface area contributed by atoms with Gasteiger partial charge in [-0.3, -0.25) is 14.3 Å². The molecule has 0 N–H and O–H groups in total. The van der Waals surface area contributed by atoms with Crippen molar-refractivity contribution in [3.63, 3.8) is 0 Å². The van der Waals surface area contributed by atoms with Crippen LogP contribution in [0, 0.1) is 30.0 Å². The van der Waals surface area contributed by atoms with Gasteiger partial charge in [0.05, 0.1) is 59.4 Å². The number of hydrogen-bond acceptors (Lipinski definition) is 10. The predicted octanol–water partition coefficient (Wildman–Crippen LogP) is 4.96. The van der Waals surface area contributed by atoms with E-state index in [4.69, 9.17) is 28.6 Å². The van der Waals surface area contributed by atoms with Crippen LogP contribution in [-0.4, -0.2) is 63.5 Å². The van der Waals surface area contributed by atoms with Gasteiger partial charge in [-0.05, 0) is 67.0 Å². The monoisotopic (exact) mass is 650 g/mol. The lowest BCUT2D eigenvalue weighted by molar-refractivity contribution is 0.00352. The van der Waals surface area contributed by atoms with E-state index in [1.807, 2.05) is 11.0 Å². The summed E-state index contributed by atoms with van der Waals surface area (Å²) in [6.07, 6.45) is 3.44. The van der Waals surface area contributed by atoms with E-state index in [-0.39, 0.29) is 29.9 Å². The molecule has 3 aromatic heterocycles. The van der Waals surface area contributed by atoms with Gasteiger partial charge in [0, 0.05) is 32.2 Å². The third-order valence-electron chi connectivity index (χ3n) is 9.54. The molecular formula is C35H31FN6O6. The molecule has 0 aliphatic carbocycles. The van der Waals surface area contributed by atoms with Crippen molar-refractivity contribution in [3.05, 3.63) is 86.7 Å². The highest BCUT2D eigenvalue weighted by Crippen LogP contribution is 2.46. The fourth-order valence-electron chi connectivity index (χ4n) is 7.10. The second-order valence-electron chi connectivity index (χ2n) is 12.4. The lowest BCUT2D eigenvalue weighted by Gasteiger charge is -2.29. The summed E-state index contributed by atoms with van der Waals surface area (Å²) in [6.45, 7) is 4.44. The van der Waals surface area contributed by atoms with Crippen molar-refractivity contribution < 1.29 is 27.5 Å². The lowest BCUT2D eigenvalue weighted by atomic mass is 9.88. The number of carbonyl (C=O) groups is 1. The van der Waals surface area contributed by atoms with E-state index in [0.717, 1.165) is 38.2 Å². The van der Waals surface area contributed by atoms with E-state index in [0.29, 0.717) is 82.6 Å². The van der Waals surface area contributed by atoms with Crippen LogP contribution in [0.2, 0.25) is 0 Å². The Morgan fingerprint density at radius 2 is 1.85 bits per heavy atom. The Bertz CT molecular complexity index is 2170. The van der Waals surface area contributed by atoms with Crippen LogP contribution in [0.25, 0.3) is 33.7 Å². The third kappa shape index (κ3) is 5.17. The van der Waals surface area contributed by atoms with Crippen molar-refractivity contribution in [2.45, 2.75) is 45.2 Å². The van der Waals surface area contributed by atoms with Crippen LogP contribution >= 0.6 is 0 Å². The molecule has 2 aromatic carbocycles. The molecular weight excluding hydrogens is 619 g/mol. The molecule has 1 atom stereocenters. The number of pyridine rings is 1. The molecule has 13 heteroatoms. The highest BCUT2D eigenvalue weighted by molar-refractivity contribution is 6.08. The van der Waals surface area contributed by atoms with Gasteiger partial charge in [0.1, 0.15) is 11.9 Å². The number of fused-ring (bicyclic) bond motifs is 4. The summed E-state index contributed by atoms with van der Waals surface area (Å²) < 4.78 is 38.9. The molecule has 12 nitrogen and oxygen atoms in total. The van der Waals surface area contributed by atoms with Crippen LogP contribution in [0.4, 0.5) is 4.39 Å². The molecule has 2 saturated heterocycles. The first-order valence-electron chi connectivity index (χ1n) is 16.1. The van der Waals surface area contributed by atoms with Crippen LogP contribution < -0.4 is 5.76 Å². The maximum absolute atomic E-state index is 14.4. The number of morpholine rings is 1. The summed E-state index contributed by atoms with van der Waals surface area (Å²) in [5.74, 6) is -0.330. The number of amides is 1. The number of aryl methyl sites for hydroxylation is 2. The number of rotatable bonds is 7. The molecule has 244 valence electrons. The summed E-state index contributed by atoms with van der Waals surface area (Å²) in [4.78, 5) is 34.2. The second-order valence-corrected chi connectivity index (χ2v) is 12.4. The van der Waals surface area contributed by atoms with Gasteiger partial charge in [-0.1, -0.05) is 12.1 Å². The quantitative estimate of drug-likeness (QED) is 0.237. The number of nitriles is 1. The van der Waals surface area contributed by atoms with Crippen molar-refractivity contribution in [2.24, 2.45) is 5.92 Å². The summed E-state index contributed by atoms with van der Waals surface area (Å²) in [6, 6.07) is 11.0. The van der Waals surface area contributed by atoms with Crippen molar-refractivity contribution in [1.82, 2.24) is 24.6 Å². The summed E-state index contributed by atoms with van der Waals surface area (Å²) in [5, 5.41) is 17.6. The minimum absolute atomic E-state index is 0.0382. The van der Waals surface area contributed by atoms with Gasteiger partial charge in [-0.15, -0.1) is 10.2 Å². The van der Waals surface area contributed by atoms with E-state index in [1.165, 1.54) is 16.7 Å². The first kappa shape index (κ1) is 30.2. The molecule has 0 spiro atoms. The van der Waals surface area contributed by atoms with Crippen molar-refractivity contribution in [3.8, 4) is 28.7 Å². The zero-order valence-electron chi connectivity index (χ0n) is 26.2. The maximum Gasteiger partial charge on any atom is 0.420 e. The van der Waals surface area contributed by atoms with Crippen molar-refractivity contribution in [1.29, 1.82) is 5.26 Å². The minimum Gasteiger partial charge on any atom is -0.421 e. The van der Waals surface area contributed by atoms with Crippen LogP contribution in [-0.2, 0) is 22.4 Å². The van der Waals surface area contributed by atoms with E-state index >= 15 is 0 Å². The topological polar surface area (TPSA) is 150 Å². The molecule has 3 aliphatic heterocycles. The van der Waals surface area contributed by atoms with Crippen LogP contribution in [0.3, 0.4) is 0 Å². The fourth-order valence-corrected chi connectivity index (χ4v) is 7.10. The Morgan fingerprint density at radius 3 is 2.62 bits per heavy atom. The number of hydrogen-bond donors (Lipinski definition) is 0. The largest absolute Gasteiger partial charge is 0.421 e. The van der Waals surface area contributed by atoms with Gasteiger partial charge in [-0.2, -0.15) is 5.26 Å². The van der Waals surface area contributed by atoms with Gasteiger partial charge in [0.15, 0.2) is 5.58 Å². The van der Waals surface area contributed by atoms with Gasteiger partial charge >= 0.3 is 5.76 Å². The van der Waals surface area contributed by atoms with Crippen LogP contribution in [0.15, 0.2) is 50.0 Å². The molecule has 1 unspecified atom stereocenters. The molecule has 2 fully saturated rings. The molecule has 48 heavy (non-hydrogen) atoms. The van der Waals surface area contributed by atoms with E-state index in [9.17, 15) is 14.0 Å². The number of benzene rings is 2. The summed E-state index contributed by atoms with van der Waals surface area (Å²) in [7, 11) is 0. The average molecular weight is 651 g/mol. The highest BCUT2D eigenvalue weighted by Gasteiger charge is 2.44. The Labute approximate surface area is 273 Å². The van der Waals surface area contributed by atoms with Crippen LogP contribution in [0.5, 0.6) is 0 Å². The summed E-state index contributed by atoms with van der Waals surface area (Å²) >= 11 is 0. The average Bonchev–Trinajstić information content (AvgIpc) is 3.76. The zero-order valence-corrected chi connectivity index (χ0v) is 26.2. The third-order valence-corrected chi connectivity index (χ3v) is 9.54. The van der Waals surface area contributed by atoms with Gasteiger partial charge < -0.3 is 23.2 Å². The number of ether oxygens (including phenoxy) is 2. The Balaban J connectivity index is 1.29. The highest BCUT2D eigenvalue weighted by atomic mass is 19.1. The first-order chi connectivity index (χ1) is 23.4. The molecule has 1 amide bonds. The number of carbonyl (C=O) groups excluding carboxylic acids is 1. The molecule has 0 bridgehead atoms. The molecule has 0 radical (unpaired) electrons. The zero-order chi connectivity index (χ0) is 32.9. The standard InChI is InChI=1S/C35H31FN6O6/c1-19-39-40-33(47-19)30-25(6-3-20-8-11-45-12-9-20)38-32-27-18-46-13-10-41(27)34(43)31(32)29(30)22-5-7-26-28(15-22)48-35(44)42(26)17-21-2-4-23(16-37)24(36)14-21/h2,4-5,7,14-15,20,27H,3,6,8-13,17-18H2,1H3. The predicted molar refractivity (Wildman–Crippen MR) is 168 cm³/mol. The Hall–Kier alpha value is -5.19. The van der Waals surface area contributed by atoms with Gasteiger partial charge in [-0.25, -0.2) is 9.18 Å². The van der Waals surface area contributed by atoms with Crippen molar-refractivity contribution in [2.75, 3.05) is 33.0 Å². The Kier molecular flexibility index (Phi) is 7.61. The smallest absolute Gasteiger partial charge is 0.420 e. The molecule has 0 saturated carbocycles. The summed E-state index contributed by atoms with van der Waals surface area (Å²) in [5.41, 5.74) is 4.86. The van der Waals surface area contributed by atoms with E-state index < -0.39 is 11.6 Å². The first-order valence-corrected chi connectivity index (χ1v) is 16.1. The number of nitrogens with zero attached hydrogens (tertiary/aromatic N) is 6. The fraction of sp³-hybridized carbons (Fsp3) is 0.371. The van der Waals surface area contributed by atoms with Gasteiger partial charge in [0.25, 0.3) is 5.91 Å². The van der Waals surface area contributed by atoms with Crippen LogP contribution in [0.1, 0.15) is 64.1 Å². The number of aromatic nitrogens is 4. The minimum atomic E-state index is -0.660. The lowest BCUT2D eigenvalue weighted by Crippen LogP contribution is -2.38. The van der Waals surface area contributed by atoms with Gasteiger partial charge in [0.2, 0.25) is 11.8 Å². The molecule has 6 heterocycles. The normalized spacial score (nSPS) is 17.9. The van der Waals surface area contributed by atoms with Crippen molar-refractivity contribution >= 4 is 17.0 Å². The molecule has 8 rings (SSSR count). The maximum atomic E-state index is 14.4. The molecule has 3 aliphatic rings. The number of oxazole rings is 1. The Morgan fingerprint density at radius 1 is 1.00 bits per heavy atom. The molecule has 5 aromatic rings. The number of halogens is 1. The second kappa shape index (κ2) is 12.1. The van der Waals surface area contributed by atoms with E-state index in [2.05, 4.69) is 10.2 Å².